The van der Waals surface area contributed by atoms with Crippen molar-refractivity contribution < 1.29 is 9.47 Å². The molecule has 1 aromatic carbocycles. The first-order valence-corrected chi connectivity index (χ1v) is 9.41. The number of halogens is 1. The van der Waals surface area contributed by atoms with Crippen LogP contribution in [0.4, 0.5) is 0 Å². The average molecular weight is 372 g/mol. The Bertz CT molecular complexity index is 926. The lowest BCUT2D eigenvalue weighted by Crippen LogP contribution is -2.21. The maximum Gasteiger partial charge on any atom is 0.163 e. The molecule has 1 aliphatic rings. The van der Waals surface area contributed by atoms with Gasteiger partial charge in [-0.05, 0) is 50.6 Å². The number of ether oxygens (including phenoxy) is 2. The van der Waals surface area contributed by atoms with Gasteiger partial charge in [-0.1, -0.05) is 11.6 Å². The topological polar surface area (TPSA) is 47.5 Å². The van der Waals surface area contributed by atoms with Crippen LogP contribution < -0.4 is 9.47 Å². The third kappa shape index (κ3) is 3.41. The molecular weight excluding hydrogens is 350 g/mol. The monoisotopic (exact) mass is 371 g/mol. The standard InChI is InChI=1S/C20H22ClN3O2/c1-25-17-12-15-16(23-20-14(19(15)21)6-4-7-22-20)13-18(17)26-11-5-10-24-8-2-3-9-24/h4,6-7,12-13H,2-3,5,8-11H2,1H3. The number of hydrogen-bond acceptors (Lipinski definition) is 5. The molecule has 0 radical (unpaired) electrons. The number of fused-ring (bicyclic) bond motifs is 2. The van der Waals surface area contributed by atoms with Gasteiger partial charge in [0.25, 0.3) is 0 Å². The Labute approximate surface area is 157 Å². The number of hydrogen-bond donors (Lipinski definition) is 0. The number of nitrogens with zero attached hydrogens (tertiary/aromatic N) is 3. The predicted molar refractivity (Wildman–Crippen MR) is 104 cm³/mol. The lowest BCUT2D eigenvalue weighted by molar-refractivity contribution is 0.254. The van der Waals surface area contributed by atoms with Crippen LogP contribution in [0.25, 0.3) is 21.9 Å². The second-order valence-corrected chi connectivity index (χ2v) is 6.95. The normalized spacial score (nSPS) is 15.0. The molecule has 4 rings (SSSR count). The zero-order valence-corrected chi connectivity index (χ0v) is 15.6. The summed E-state index contributed by atoms with van der Waals surface area (Å²) in [5.74, 6) is 1.37. The van der Waals surface area contributed by atoms with Crippen LogP contribution in [0, 0.1) is 0 Å². The van der Waals surface area contributed by atoms with Crippen molar-refractivity contribution in [3.63, 3.8) is 0 Å². The van der Waals surface area contributed by atoms with Gasteiger partial charge in [0.2, 0.25) is 0 Å². The van der Waals surface area contributed by atoms with Gasteiger partial charge in [0, 0.05) is 29.6 Å². The van der Waals surface area contributed by atoms with Crippen molar-refractivity contribution in [3.8, 4) is 11.5 Å². The molecule has 0 saturated carbocycles. The van der Waals surface area contributed by atoms with Gasteiger partial charge in [-0.3, -0.25) is 0 Å². The van der Waals surface area contributed by atoms with E-state index >= 15 is 0 Å². The Hall–Kier alpha value is -2.11. The highest BCUT2D eigenvalue weighted by Crippen LogP contribution is 2.37. The van der Waals surface area contributed by atoms with Crippen LogP contribution in [0.15, 0.2) is 30.5 Å². The van der Waals surface area contributed by atoms with Crippen LogP contribution in [0.3, 0.4) is 0 Å². The van der Waals surface area contributed by atoms with Gasteiger partial charge in [0.05, 0.1) is 24.3 Å². The fourth-order valence-electron chi connectivity index (χ4n) is 3.48. The molecule has 1 saturated heterocycles. The van der Waals surface area contributed by atoms with Crippen LogP contribution in [0.1, 0.15) is 19.3 Å². The molecule has 3 aromatic rings. The molecule has 136 valence electrons. The highest BCUT2D eigenvalue weighted by molar-refractivity contribution is 6.40. The lowest BCUT2D eigenvalue weighted by atomic mass is 10.1. The first-order chi connectivity index (χ1) is 12.8. The van der Waals surface area contributed by atoms with E-state index in [4.69, 9.17) is 21.1 Å². The quantitative estimate of drug-likeness (QED) is 0.477. The van der Waals surface area contributed by atoms with E-state index in [9.17, 15) is 0 Å². The largest absolute Gasteiger partial charge is 0.493 e. The van der Waals surface area contributed by atoms with Gasteiger partial charge < -0.3 is 14.4 Å². The van der Waals surface area contributed by atoms with Gasteiger partial charge in [-0.2, -0.15) is 0 Å². The Balaban J connectivity index is 1.58. The van der Waals surface area contributed by atoms with Crippen molar-refractivity contribution in [2.24, 2.45) is 0 Å². The molecule has 0 bridgehead atoms. The van der Waals surface area contributed by atoms with E-state index in [1.807, 2.05) is 24.3 Å². The first-order valence-electron chi connectivity index (χ1n) is 9.03. The smallest absolute Gasteiger partial charge is 0.163 e. The predicted octanol–water partition coefficient (Wildman–Crippen LogP) is 4.31. The van der Waals surface area contributed by atoms with E-state index in [0.29, 0.717) is 28.8 Å². The molecule has 1 fully saturated rings. The van der Waals surface area contributed by atoms with E-state index in [0.717, 1.165) is 29.3 Å². The summed E-state index contributed by atoms with van der Waals surface area (Å²) < 4.78 is 11.5. The van der Waals surface area contributed by atoms with E-state index in [1.165, 1.54) is 25.9 Å². The number of aromatic nitrogens is 2. The molecule has 26 heavy (non-hydrogen) atoms. The molecule has 5 nitrogen and oxygen atoms in total. The van der Waals surface area contributed by atoms with E-state index in [1.54, 1.807) is 13.3 Å². The van der Waals surface area contributed by atoms with Crippen LogP contribution in [-0.4, -0.2) is 48.2 Å². The van der Waals surface area contributed by atoms with Crippen molar-refractivity contribution >= 4 is 33.5 Å². The Morgan fingerprint density at radius 3 is 2.81 bits per heavy atom. The Morgan fingerprint density at radius 1 is 1.15 bits per heavy atom. The molecule has 0 N–H and O–H groups in total. The van der Waals surface area contributed by atoms with Crippen LogP contribution in [0.5, 0.6) is 11.5 Å². The summed E-state index contributed by atoms with van der Waals surface area (Å²) in [5, 5.41) is 2.31. The van der Waals surface area contributed by atoms with Gasteiger partial charge in [-0.15, -0.1) is 0 Å². The fraction of sp³-hybridized carbons (Fsp3) is 0.400. The molecule has 0 atom stereocenters. The third-order valence-corrected chi connectivity index (χ3v) is 5.25. The molecule has 0 amide bonds. The number of rotatable bonds is 6. The van der Waals surface area contributed by atoms with E-state index in [2.05, 4.69) is 14.9 Å². The molecular formula is C20H22ClN3O2. The summed E-state index contributed by atoms with van der Waals surface area (Å²) in [6, 6.07) is 7.57. The average Bonchev–Trinajstić information content (AvgIpc) is 3.18. The van der Waals surface area contributed by atoms with Crippen molar-refractivity contribution in [1.82, 2.24) is 14.9 Å². The molecule has 3 heterocycles. The summed E-state index contributed by atoms with van der Waals surface area (Å²) in [6.07, 6.45) is 5.34. The molecule has 6 heteroatoms. The molecule has 2 aromatic heterocycles. The maximum absolute atomic E-state index is 6.57. The molecule has 0 spiro atoms. The SMILES string of the molecule is COc1cc2c(Cl)c3cccnc3nc2cc1OCCCN1CCCC1. The van der Waals surface area contributed by atoms with Crippen LogP contribution in [0.2, 0.25) is 5.02 Å². The lowest BCUT2D eigenvalue weighted by Gasteiger charge is -2.16. The second kappa shape index (κ2) is 7.64. The maximum atomic E-state index is 6.57. The Morgan fingerprint density at radius 2 is 2.00 bits per heavy atom. The number of pyridine rings is 2. The zero-order chi connectivity index (χ0) is 17.9. The summed E-state index contributed by atoms with van der Waals surface area (Å²) >= 11 is 6.57. The van der Waals surface area contributed by atoms with Crippen molar-refractivity contribution in [1.29, 1.82) is 0 Å². The van der Waals surface area contributed by atoms with Crippen LogP contribution in [-0.2, 0) is 0 Å². The number of benzene rings is 1. The number of likely N-dealkylation sites (tertiary alicyclic amines) is 1. The van der Waals surface area contributed by atoms with E-state index < -0.39 is 0 Å². The summed E-state index contributed by atoms with van der Waals surface area (Å²) in [6.45, 7) is 4.15. The Kier molecular flexibility index (Phi) is 5.09. The molecule has 0 unspecified atom stereocenters. The summed E-state index contributed by atoms with van der Waals surface area (Å²) in [7, 11) is 1.64. The minimum Gasteiger partial charge on any atom is -0.493 e. The van der Waals surface area contributed by atoms with Crippen LogP contribution >= 0.6 is 11.6 Å². The third-order valence-electron chi connectivity index (χ3n) is 4.84. The van der Waals surface area contributed by atoms with Crippen molar-refractivity contribution in [2.75, 3.05) is 33.4 Å². The van der Waals surface area contributed by atoms with Crippen molar-refractivity contribution in [3.05, 3.63) is 35.5 Å². The van der Waals surface area contributed by atoms with Gasteiger partial charge in [0.1, 0.15) is 0 Å². The van der Waals surface area contributed by atoms with Crippen molar-refractivity contribution in [2.45, 2.75) is 19.3 Å². The van der Waals surface area contributed by atoms with E-state index in [-0.39, 0.29) is 0 Å². The minimum atomic E-state index is 0.634. The zero-order valence-electron chi connectivity index (χ0n) is 14.9. The van der Waals surface area contributed by atoms with Gasteiger partial charge in [0.15, 0.2) is 17.1 Å². The molecule has 0 aliphatic carbocycles. The number of methoxy groups -OCH3 is 1. The minimum absolute atomic E-state index is 0.634. The van der Waals surface area contributed by atoms with Gasteiger partial charge in [-0.25, -0.2) is 9.97 Å². The van der Waals surface area contributed by atoms with Gasteiger partial charge >= 0.3 is 0 Å². The first kappa shape index (κ1) is 17.3. The molecule has 1 aliphatic heterocycles. The summed E-state index contributed by atoms with van der Waals surface area (Å²) in [4.78, 5) is 11.4. The summed E-state index contributed by atoms with van der Waals surface area (Å²) in [5.41, 5.74) is 1.40. The highest BCUT2D eigenvalue weighted by atomic mass is 35.5. The second-order valence-electron chi connectivity index (χ2n) is 6.57. The highest BCUT2D eigenvalue weighted by Gasteiger charge is 2.14. The fourth-order valence-corrected chi connectivity index (χ4v) is 3.78.